The molecule has 4 aromatic rings. The van der Waals surface area contributed by atoms with E-state index in [0.29, 0.717) is 22.8 Å². The molecule has 0 radical (unpaired) electrons. The van der Waals surface area contributed by atoms with Gasteiger partial charge >= 0.3 is 0 Å². The normalized spacial score (nSPS) is 10.9. The minimum Gasteiger partial charge on any atom is -0.496 e. The van der Waals surface area contributed by atoms with E-state index in [-0.39, 0.29) is 11.6 Å². The number of halogens is 2. The Morgan fingerprint density at radius 2 is 1.77 bits per heavy atom. The van der Waals surface area contributed by atoms with Crippen LogP contribution in [0.2, 0.25) is 0 Å². The fourth-order valence-electron chi connectivity index (χ4n) is 2.54. The molecular formula is C18H12F2N4O2. The van der Waals surface area contributed by atoms with Gasteiger partial charge in [0.1, 0.15) is 11.4 Å². The molecule has 2 aromatic carbocycles. The van der Waals surface area contributed by atoms with Gasteiger partial charge in [-0.05, 0) is 30.3 Å². The molecule has 0 fully saturated rings. The highest BCUT2D eigenvalue weighted by atomic mass is 19.1. The molecule has 0 N–H and O–H groups in total. The Labute approximate surface area is 146 Å². The van der Waals surface area contributed by atoms with Crippen LogP contribution in [0.25, 0.3) is 28.7 Å². The predicted molar refractivity (Wildman–Crippen MR) is 88.8 cm³/mol. The highest BCUT2D eigenvalue weighted by molar-refractivity contribution is 5.65. The minimum absolute atomic E-state index is 0.126. The summed E-state index contributed by atoms with van der Waals surface area (Å²) in [4.78, 5) is 4.29. The molecule has 0 amide bonds. The maximum absolute atomic E-state index is 13.9. The lowest BCUT2D eigenvalue weighted by molar-refractivity contribution is 0.413. The number of para-hydroxylation sites is 2. The lowest BCUT2D eigenvalue weighted by Gasteiger charge is -2.03. The van der Waals surface area contributed by atoms with Crippen LogP contribution in [0.5, 0.6) is 5.75 Å². The Morgan fingerprint density at radius 3 is 2.54 bits per heavy atom. The standard InChI is InChI=1S/C18H12F2N4O2/c1-25-15-8-3-2-5-11(15)17-21-18(26-23-17)14-9-10-24(22-14)16-12(19)6-4-7-13(16)20/h2-10H,1H3. The van der Waals surface area contributed by atoms with Crippen molar-refractivity contribution < 1.29 is 18.0 Å². The SMILES string of the molecule is COc1ccccc1-c1noc(-c2ccn(-c3c(F)cccc3F)n2)n1. The summed E-state index contributed by atoms with van der Waals surface area (Å²) >= 11 is 0. The Bertz CT molecular complexity index is 1050. The van der Waals surface area contributed by atoms with Gasteiger partial charge in [-0.2, -0.15) is 10.1 Å². The Hall–Kier alpha value is -3.55. The first kappa shape index (κ1) is 15.9. The molecule has 26 heavy (non-hydrogen) atoms. The summed E-state index contributed by atoms with van der Waals surface area (Å²) in [7, 11) is 1.55. The van der Waals surface area contributed by atoms with Crippen LogP contribution in [0, 0.1) is 11.6 Å². The van der Waals surface area contributed by atoms with Crippen LogP contribution < -0.4 is 4.74 Å². The average molecular weight is 354 g/mol. The monoisotopic (exact) mass is 354 g/mol. The largest absolute Gasteiger partial charge is 0.496 e. The molecule has 6 nitrogen and oxygen atoms in total. The van der Waals surface area contributed by atoms with Gasteiger partial charge in [0, 0.05) is 6.20 Å². The molecule has 0 saturated carbocycles. The summed E-state index contributed by atoms with van der Waals surface area (Å²) in [5, 5.41) is 8.06. The number of hydrogen-bond donors (Lipinski definition) is 0. The molecule has 0 spiro atoms. The average Bonchev–Trinajstić information content (AvgIpc) is 3.31. The van der Waals surface area contributed by atoms with Crippen molar-refractivity contribution in [3.8, 4) is 34.4 Å². The van der Waals surface area contributed by atoms with Crippen LogP contribution in [-0.4, -0.2) is 27.0 Å². The summed E-state index contributed by atoms with van der Waals surface area (Å²) in [6.07, 6.45) is 1.42. The Morgan fingerprint density at radius 1 is 1.00 bits per heavy atom. The quantitative estimate of drug-likeness (QED) is 0.556. The van der Waals surface area contributed by atoms with Gasteiger partial charge in [0.2, 0.25) is 5.82 Å². The van der Waals surface area contributed by atoms with E-state index in [2.05, 4.69) is 15.2 Å². The van der Waals surface area contributed by atoms with Gasteiger partial charge in [0.15, 0.2) is 17.3 Å². The molecule has 0 aliphatic rings. The third-order valence-electron chi connectivity index (χ3n) is 3.75. The molecule has 2 heterocycles. The molecule has 0 aliphatic heterocycles. The molecule has 0 unspecified atom stereocenters. The van der Waals surface area contributed by atoms with E-state index < -0.39 is 11.6 Å². The Balaban J connectivity index is 1.71. The lowest BCUT2D eigenvalue weighted by atomic mass is 10.2. The van der Waals surface area contributed by atoms with Crippen molar-refractivity contribution in [1.82, 2.24) is 19.9 Å². The van der Waals surface area contributed by atoms with Gasteiger partial charge in [-0.3, -0.25) is 0 Å². The van der Waals surface area contributed by atoms with Gasteiger partial charge in [0.05, 0.1) is 12.7 Å². The van der Waals surface area contributed by atoms with E-state index >= 15 is 0 Å². The maximum atomic E-state index is 13.9. The van der Waals surface area contributed by atoms with Crippen molar-refractivity contribution >= 4 is 0 Å². The first-order valence-corrected chi connectivity index (χ1v) is 7.65. The van der Waals surface area contributed by atoms with E-state index in [0.717, 1.165) is 16.8 Å². The van der Waals surface area contributed by atoms with Gasteiger partial charge < -0.3 is 9.26 Å². The van der Waals surface area contributed by atoms with Crippen LogP contribution in [0.1, 0.15) is 0 Å². The summed E-state index contributed by atoms with van der Waals surface area (Å²) < 4.78 is 39.4. The van der Waals surface area contributed by atoms with Crippen molar-refractivity contribution in [3.05, 3.63) is 66.4 Å². The van der Waals surface area contributed by atoms with Gasteiger partial charge in [-0.1, -0.05) is 23.4 Å². The number of ether oxygens (including phenoxy) is 1. The smallest absolute Gasteiger partial charge is 0.278 e. The van der Waals surface area contributed by atoms with Crippen molar-refractivity contribution in [2.75, 3.05) is 7.11 Å². The molecular weight excluding hydrogens is 342 g/mol. The van der Waals surface area contributed by atoms with E-state index in [1.165, 1.54) is 18.3 Å². The van der Waals surface area contributed by atoms with Crippen LogP contribution in [0.4, 0.5) is 8.78 Å². The zero-order valence-corrected chi connectivity index (χ0v) is 13.6. The molecule has 2 aromatic heterocycles. The van der Waals surface area contributed by atoms with Gasteiger partial charge in [-0.15, -0.1) is 0 Å². The van der Waals surface area contributed by atoms with Crippen LogP contribution in [0.15, 0.2) is 59.3 Å². The van der Waals surface area contributed by atoms with E-state index in [9.17, 15) is 8.78 Å². The third kappa shape index (κ3) is 2.71. The van der Waals surface area contributed by atoms with E-state index in [4.69, 9.17) is 9.26 Å². The number of benzene rings is 2. The number of aromatic nitrogens is 4. The predicted octanol–water partition coefficient (Wildman–Crippen LogP) is 3.88. The first-order chi connectivity index (χ1) is 12.7. The summed E-state index contributed by atoms with van der Waals surface area (Å²) in [6, 6.07) is 12.4. The van der Waals surface area contributed by atoms with Crippen molar-refractivity contribution in [2.45, 2.75) is 0 Å². The van der Waals surface area contributed by atoms with Gasteiger partial charge in [-0.25, -0.2) is 13.5 Å². The molecule has 0 atom stereocenters. The second kappa shape index (κ2) is 6.40. The van der Waals surface area contributed by atoms with Crippen LogP contribution in [0.3, 0.4) is 0 Å². The highest BCUT2D eigenvalue weighted by Gasteiger charge is 2.18. The minimum atomic E-state index is -0.722. The molecule has 130 valence electrons. The second-order valence-corrected chi connectivity index (χ2v) is 5.34. The van der Waals surface area contributed by atoms with Crippen LogP contribution in [-0.2, 0) is 0 Å². The zero-order valence-electron chi connectivity index (χ0n) is 13.6. The van der Waals surface area contributed by atoms with Crippen LogP contribution >= 0.6 is 0 Å². The zero-order chi connectivity index (χ0) is 18.1. The van der Waals surface area contributed by atoms with Gasteiger partial charge in [0.25, 0.3) is 5.89 Å². The first-order valence-electron chi connectivity index (χ1n) is 7.65. The van der Waals surface area contributed by atoms with E-state index in [1.54, 1.807) is 19.2 Å². The fourth-order valence-corrected chi connectivity index (χ4v) is 2.54. The second-order valence-electron chi connectivity index (χ2n) is 5.34. The number of methoxy groups -OCH3 is 1. The van der Waals surface area contributed by atoms with E-state index in [1.807, 2.05) is 12.1 Å². The molecule has 0 aliphatic carbocycles. The summed E-state index contributed by atoms with van der Waals surface area (Å²) in [5.41, 5.74) is 0.675. The lowest BCUT2D eigenvalue weighted by Crippen LogP contribution is -2.02. The summed E-state index contributed by atoms with van der Waals surface area (Å²) in [6.45, 7) is 0. The molecule has 0 bridgehead atoms. The molecule has 8 heteroatoms. The number of hydrogen-bond acceptors (Lipinski definition) is 5. The third-order valence-corrected chi connectivity index (χ3v) is 3.75. The van der Waals surface area contributed by atoms with Crippen molar-refractivity contribution in [3.63, 3.8) is 0 Å². The number of nitrogens with zero attached hydrogens (tertiary/aromatic N) is 4. The topological polar surface area (TPSA) is 66.0 Å². The highest BCUT2D eigenvalue weighted by Crippen LogP contribution is 2.29. The van der Waals surface area contributed by atoms with Crippen molar-refractivity contribution in [1.29, 1.82) is 0 Å². The summed E-state index contributed by atoms with van der Waals surface area (Å²) in [5.74, 6) is -0.399. The number of rotatable bonds is 4. The maximum Gasteiger partial charge on any atom is 0.278 e. The Kier molecular flexibility index (Phi) is 3.92. The molecule has 4 rings (SSSR count). The van der Waals surface area contributed by atoms with Crippen molar-refractivity contribution in [2.24, 2.45) is 0 Å². The fraction of sp³-hybridized carbons (Fsp3) is 0.0556. The molecule has 0 saturated heterocycles.